The minimum absolute atomic E-state index is 0.0412. The van der Waals surface area contributed by atoms with E-state index in [9.17, 15) is 13.2 Å². The summed E-state index contributed by atoms with van der Waals surface area (Å²) < 4.78 is 33.7. The molecule has 35 heavy (non-hydrogen) atoms. The Labute approximate surface area is 209 Å². The fourth-order valence-corrected chi connectivity index (χ4v) is 5.27. The minimum Gasteiger partial charge on any atom is -0.495 e. The van der Waals surface area contributed by atoms with Crippen LogP contribution < -0.4 is 14.4 Å². The van der Waals surface area contributed by atoms with Crippen molar-refractivity contribution in [1.29, 1.82) is 0 Å². The lowest BCUT2D eigenvalue weighted by atomic mass is 10.0. The first kappa shape index (κ1) is 24.3. The highest BCUT2D eigenvalue weighted by Crippen LogP contribution is 2.35. The minimum atomic E-state index is -4.12. The fraction of sp³-hybridized carbons (Fsp3) is 0.0741. The SMILES string of the molecule is COc1ccc(Cl)cc1N(CC(=O)Nc1ccccc1-c1ccccc1)S(=O)(=O)c1ccccc1. The Kier molecular flexibility index (Phi) is 7.39. The van der Waals surface area contributed by atoms with E-state index >= 15 is 0 Å². The normalized spacial score (nSPS) is 11.0. The summed E-state index contributed by atoms with van der Waals surface area (Å²) in [5, 5.41) is 3.18. The first-order valence-corrected chi connectivity index (χ1v) is 12.6. The molecule has 4 rings (SSSR count). The Morgan fingerprint density at radius 3 is 2.20 bits per heavy atom. The highest BCUT2D eigenvalue weighted by atomic mass is 35.5. The Morgan fingerprint density at radius 1 is 0.886 bits per heavy atom. The highest BCUT2D eigenvalue weighted by molar-refractivity contribution is 7.92. The van der Waals surface area contributed by atoms with Crippen molar-refractivity contribution in [3.63, 3.8) is 0 Å². The number of carbonyl (C=O) groups excluding carboxylic acids is 1. The van der Waals surface area contributed by atoms with Gasteiger partial charge in [0.2, 0.25) is 5.91 Å². The van der Waals surface area contributed by atoms with E-state index in [2.05, 4.69) is 5.32 Å². The van der Waals surface area contributed by atoms with E-state index in [1.807, 2.05) is 42.5 Å². The Bertz CT molecular complexity index is 1430. The second kappa shape index (κ2) is 10.6. The zero-order valence-corrected chi connectivity index (χ0v) is 20.5. The maximum atomic E-state index is 13.6. The molecule has 0 aliphatic rings. The molecule has 0 saturated carbocycles. The topological polar surface area (TPSA) is 75.7 Å². The van der Waals surface area contributed by atoms with Crippen molar-refractivity contribution in [3.8, 4) is 16.9 Å². The third kappa shape index (κ3) is 5.48. The van der Waals surface area contributed by atoms with Crippen molar-refractivity contribution in [2.75, 3.05) is 23.3 Å². The van der Waals surface area contributed by atoms with Gasteiger partial charge in [0.05, 0.1) is 17.7 Å². The van der Waals surface area contributed by atoms with Crippen molar-refractivity contribution < 1.29 is 17.9 Å². The van der Waals surface area contributed by atoms with Crippen LogP contribution in [0.2, 0.25) is 5.02 Å². The summed E-state index contributed by atoms with van der Waals surface area (Å²) in [5.41, 5.74) is 2.47. The number of halogens is 1. The summed E-state index contributed by atoms with van der Waals surface area (Å²) in [7, 11) is -2.69. The predicted octanol–water partition coefficient (Wildman–Crippen LogP) is 5.85. The van der Waals surface area contributed by atoms with Crippen LogP contribution in [0.25, 0.3) is 11.1 Å². The van der Waals surface area contributed by atoms with E-state index < -0.39 is 22.5 Å². The van der Waals surface area contributed by atoms with Gasteiger partial charge < -0.3 is 10.1 Å². The third-order valence-corrected chi connectivity index (χ3v) is 7.32. The van der Waals surface area contributed by atoms with Gasteiger partial charge in [-0.15, -0.1) is 0 Å². The molecule has 0 atom stereocenters. The highest BCUT2D eigenvalue weighted by Gasteiger charge is 2.30. The Balaban J connectivity index is 1.72. The molecule has 4 aromatic carbocycles. The number of ether oxygens (including phenoxy) is 1. The van der Waals surface area contributed by atoms with Crippen LogP contribution in [0.4, 0.5) is 11.4 Å². The lowest BCUT2D eigenvalue weighted by Crippen LogP contribution is -2.38. The molecule has 0 saturated heterocycles. The van der Waals surface area contributed by atoms with Crippen LogP contribution in [0, 0.1) is 0 Å². The fourth-order valence-electron chi connectivity index (χ4n) is 3.66. The van der Waals surface area contributed by atoms with Gasteiger partial charge in [-0.25, -0.2) is 8.42 Å². The number of hydrogen-bond acceptors (Lipinski definition) is 4. The predicted molar refractivity (Wildman–Crippen MR) is 139 cm³/mol. The molecular weight excluding hydrogens is 484 g/mol. The Morgan fingerprint density at radius 2 is 1.51 bits per heavy atom. The van der Waals surface area contributed by atoms with Crippen LogP contribution >= 0.6 is 11.6 Å². The number of nitrogens with zero attached hydrogens (tertiary/aromatic N) is 1. The number of rotatable bonds is 8. The largest absolute Gasteiger partial charge is 0.495 e. The van der Waals surface area contributed by atoms with Gasteiger partial charge in [0, 0.05) is 16.3 Å². The number of hydrogen-bond donors (Lipinski definition) is 1. The monoisotopic (exact) mass is 506 g/mol. The molecule has 8 heteroatoms. The van der Waals surface area contributed by atoms with Crippen molar-refractivity contribution in [3.05, 3.63) is 108 Å². The average Bonchev–Trinajstić information content (AvgIpc) is 2.88. The van der Waals surface area contributed by atoms with Gasteiger partial charge in [0.1, 0.15) is 12.3 Å². The molecule has 0 radical (unpaired) electrons. The maximum Gasteiger partial charge on any atom is 0.264 e. The third-order valence-electron chi connectivity index (χ3n) is 5.31. The van der Waals surface area contributed by atoms with Gasteiger partial charge in [-0.1, -0.05) is 78.3 Å². The summed E-state index contributed by atoms with van der Waals surface area (Å²) in [5.74, 6) is -0.249. The van der Waals surface area contributed by atoms with E-state index in [0.717, 1.165) is 15.4 Å². The molecule has 4 aromatic rings. The molecule has 0 aromatic heterocycles. The zero-order chi connectivity index (χ0) is 24.8. The van der Waals surface area contributed by atoms with Crippen LogP contribution in [-0.4, -0.2) is 28.0 Å². The first-order chi connectivity index (χ1) is 16.9. The summed E-state index contributed by atoms with van der Waals surface area (Å²) in [6.07, 6.45) is 0. The summed E-state index contributed by atoms with van der Waals surface area (Å²) >= 11 is 6.19. The molecule has 1 amide bonds. The summed E-state index contributed by atoms with van der Waals surface area (Å²) in [6.45, 7) is -0.489. The molecule has 0 spiro atoms. The maximum absolute atomic E-state index is 13.6. The average molecular weight is 507 g/mol. The van der Waals surface area contributed by atoms with E-state index in [-0.39, 0.29) is 16.3 Å². The van der Waals surface area contributed by atoms with Gasteiger partial charge in [-0.05, 0) is 42.0 Å². The number of para-hydroxylation sites is 1. The molecule has 0 heterocycles. The smallest absolute Gasteiger partial charge is 0.264 e. The molecule has 178 valence electrons. The molecular formula is C27H23ClN2O4S. The van der Waals surface area contributed by atoms with Crippen molar-refractivity contribution >= 4 is 38.9 Å². The molecule has 0 unspecified atom stereocenters. The lowest BCUT2D eigenvalue weighted by molar-refractivity contribution is -0.114. The van der Waals surface area contributed by atoms with Crippen LogP contribution in [0.3, 0.4) is 0 Å². The number of anilines is 2. The number of amides is 1. The first-order valence-electron chi connectivity index (χ1n) is 10.8. The van der Waals surface area contributed by atoms with Crippen LogP contribution in [0.5, 0.6) is 5.75 Å². The second-order valence-electron chi connectivity index (χ2n) is 7.60. The molecule has 0 aliphatic carbocycles. The van der Waals surface area contributed by atoms with Crippen LogP contribution in [0.1, 0.15) is 0 Å². The molecule has 0 aliphatic heterocycles. The number of carbonyl (C=O) groups is 1. The number of benzene rings is 4. The second-order valence-corrected chi connectivity index (χ2v) is 9.90. The zero-order valence-electron chi connectivity index (χ0n) is 18.9. The van der Waals surface area contributed by atoms with Crippen molar-refractivity contribution in [2.45, 2.75) is 4.90 Å². The standard InChI is InChI=1S/C27H23ClN2O4S/c1-34-26-17-16-21(28)18-25(26)30(35(32,33)22-12-6-3-7-13-22)19-27(31)29-24-15-9-8-14-23(24)20-10-4-2-5-11-20/h2-18H,19H2,1H3,(H,29,31). The van der Waals surface area contributed by atoms with Gasteiger partial charge in [0.15, 0.2) is 0 Å². The number of methoxy groups -OCH3 is 1. The lowest BCUT2D eigenvalue weighted by Gasteiger charge is -2.26. The number of sulfonamides is 1. The Hall–Kier alpha value is -3.81. The van der Waals surface area contributed by atoms with Crippen LogP contribution in [-0.2, 0) is 14.8 Å². The number of nitrogens with one attached hydrogen (secondary N) is 1. The van der Waals surface area contributed by atoms with Gasteiger partial charge in [0.25, 0.3) is 10.0 Å². The van der Waals surface area contributed by atoms with Crippen molar-refractivity contribution in [2.24, 2.45) is 0 Å². The molecule has 0 fully saturated rings. The van der Waals surface area contributed by atoms with E-state index in [1.54, 1.807) is 42.5 Å². The molecule has 1 N–H and O–H groups in total. The van der Waals surface area contributed by atoms with Gasteiger partial charge in [-0.3, -0.25) is 9.10 Å². The summed E-state index contributed by atoms with van der Waals surface area (Å²) in [4.78, 5) is 13.3. The van der Waals surface area contributed by atoms with Crippen LogP contribution in [0.15, 0.2) is 108 Å². The van der Waals surface area contributed by atoms with E-state index in [1.165, 1.54) is 25.3 Å². The van der Waals surface area contributed by atoms with Crippen molar-refractivity contribution in [1.82, 2.24) is 0 Å². The van der Waals surface area contributed by atoms with Gasteiger partial charge >= 0.3 is 0 Å². The van der Waals surface area contributed by atoms with E-state index in [0.29, 0.717) is 10.7 Å². The molecule has 6 nitrogen and oxygen atoms in total. The van der Waals surface area contributed by atoms with E-state index in [4.69, 9.17) is 16.3 Å². The summed E-state index contributed by atoms with van der Waals surface area (Å²) in [6, 6.07) is 29.5. The van der Waals surface area contributed by atoms with Gasteiger partial charge in [-0.2, -0.15) is 0 Å². The quantitative estimate of drug-likeness (QED) is 0.325. The molecule has 0 bridgehead atoms.